The average molecular weight is 364 g/mol. The molecule has 1 aliphatic carbocycles. The van der Waals surface area contributed by atoms with Gasteiger partial charge in [0.05, 0.1) is 0 Å². The van der Waals surface area contributed by atoms with E-state index in [9.17, 15) is 9.59 Å². The van der Waals surface area contributed by atoms with Gasteiger partial charge in [-0.2, -0.15) is 0 Å². The molecule has 2 aliphatic rings. The van der Waals surface area contributed by atoms with Crippen molar-refractivity contribution in [3.63, 3.8) is 0 Å². The molecule has 2 atom stereocenters. The summed E-state index contributed by atoms with van der Waals surface area (Å²) in [5, 5.41) is 5.11. The summed E-state index contributed by atoms with van der Waals surface area (Å²) < 4.78 is 0. The maximum Gasteiger partial charge on any atom is 0.225 e. The molecule has 3 rings (SSSR count). The fourth-order valence-electron chi connectivity index (χ4n) is 3.98. The Kier molecular flexibility index (Phi) is 6.48. The van der Waals surface area contributed by atoms with Crippen molar-refractivity contribution in [2.24, 2.45) is 17.6 Å². The van der Waals surface area contributed by atoms with E-state index in [-0.39, 0.29) is 29.7 Å². The van der Waals surface area contributed by atoms with Gasteiger partial charge < -0.3 is 16.0 Å². The maximum atomic E-state index is 12.6. The van der Waals surface area contributed by atoms with Crippen LogP contribution >= 0.6 is 11.3 Å². The molecule has 0 bridgehead atoms. The number of hydrogen-bond acceptors (Lipinski definition) is 4. The van der Waals surface area contributed by atoms with E-state index in [4.69, 9.17) is 5.73 Å². The molecule has 1 aliphatic heterocycles. The molecule has 1 saturated carbocycles. The van der Waals surface area contributed by atoms with E-state index in [2.05, 4.69) is 16.8 Å². The third-order valence-corrected chi connectivity index (χ3v) is 6.43. The van der Waals surface area contributed by atoms with Crippen molar-refractivity contribution in [2.75, 3.05) is 19.6 Å². The van der Waals surface area contributed by atoms with E-state index in [0.29, 0.717) is 19.6 Å². The van der Waals surface area contributed by atoms with Gasteiger partial charge in [0, 0.05) is 42.4 Å². The van der Waals surface area contributed by atoms with E-state index in [0.717, 1.165) is 44.9 Å². The van der Waals surface area contributed by atoms with Gasteiger partial charge in [0.15, 0.2) is 0 Å². The van der Waals surface area contributed by atoms with Crippen molar-refractivity contribution < 1.29 is 9.59 Å². The Labute approximate surface area is 154 Å². The van der Waals surface area contributed by atoms with Crippen LogP contribution in [0, 0.1) is 11.8 Å². The molecule has 6 heteroatoms. The quantitative estimate of drug-likeness (QED) is 0.842. The molecule has 0 spiro atoms. The summed E-state index contributed by atoms with van der Waals surface area (Å²) in [5.74, 6) is 0.538. The van der Waals surface area contributed by atoms with Crippen LogP contribution in [0.3, 0.4) is 0 Å². The highest BCUT2D eigenvalue weighted by Crippen LogP contribution is 2.27. The SMILES string of the molecule is NC1CCCC(C(=O)N2CCC(C(=O)NCCc3cccs3)CC2)C1. The minimum atomic E-state index is 0.0426. The maximum absolute atomic E-state index is 12.6. The summed E-state index contributed by atoms with van der Waals surface area (Å²) >= 11 is 1.72. The minimum absolute atomic E-state index is 0.0426. The number of amides is 2. The van der Waals surface area contributed by atoms with E-state index in [1.54, 1.807) is 11.3 Å². The summed E-state index contributed by atoms with van der Waals surface area (Å²) in [4.78, 5) is 28.2. The average Bonchev–Trinajstić information content (AvgIpc) is 3.14. The Morgan fingerprint density at radius 2 is 2.00 bits per heavy atom. The van der Waals surface area contributed by atoms with Crippen LogP contribution in [-0.2, 0) is 16.0 Å². The van der Waals surface area contributed by atoms with Gasteiger partial charge in [0.2, 0.25) is 11.8 Å². The molecule has 3 N–H and O–H groups in total. The zero-order valence-electron chi connectivity index (χ0n) is 14.8. The molecule has 0 aromatic carbocycles. The van der Waals surface area contributed by atoms with Gasteiger partial charge in [0.1, 0.15) is 0 Å². The van der Waals surface area contributed by atoms with Crippen LogP contribution in [-0.4, -0.2) is 42.4 Å². The molecule has 2 fully saturated rings. The summed E-state index contributed by atoms with van der Waals surface area (Å²) in [5.41, 5.74) is 6.01. The molecular formula is C19H29N3O2S. The van der Waals surface area contributed by atoms with E-state index in [1.165, 1.54) is 4.88 Å². The van der Waals surface area contributed by atoms with Gasteiger partial charge in [-0.1, -0.05) is 12.5 Å². The fraction of sp³-hybridized carbons (Fsp3) is 0.684. The number of carbonyl (C=O) groups is 2. The number of rotatable bonds is 5. The van der Waals surface area contributed by atoms with Gasteiger partial charge in [-0.15, -0.1) is 11.3 Å². The van der Waals surface area contributed by atoms with Gasteiger partial charge in [-0.25, -0.2) is 0 Å². The number of nitrogens with one attached hydrogen (secondary N) is 1. The Morgan fingerprint density at radius 1 is 1.20 bits per heavy atom. The van der Waals surface area contributed by atoms with Gasteiger partial charge in [0.25, 0.3) is 0 Å². The van der Waals surface area contributed by atoms with Crippen LogP contribution in [0.2, 0.25) is 0 Å². The lowest BCUT2D eigenvalue weighted by atomic mass is 9.84. The number of hydrogen-bond donors (Lipinski definition) is 2. The van der Waals surface area contributed by atoms with Crippen molar-refractivity contribution in [2.45, 2.75) is 51.0 Å². The highest BCUT2D eigenvalue weighted by Gasteiger charge is 2.32. The van der Waals surface area contributed by atoms with Crippen LogP contribution in [0.5, 0.6) is 0 Å². The van der Waals surface area contributed by atoms with Gasteiger partial charge >= 0.3 is 0 Å². The molecule has 1 aromatic rings. The van der Waals surface area contributed by atoms with Crippen molar-refractivity contribution >= 4 is 23.2 Å². The second-order valence-corrected chi connectivity index (χ2v) is 8.38. The van der Waals surface area contributed by atoms with Crippen LogP contribution in [0.25, 0.3) is 0 Å². The Hall–Kier alpha value is -1.40. The predicted octanol–water partition coefficient (Wildman–Crippen LogP) is 2.16. The topological polar surface area (TPSA) is 75.4 Å². The lowest BCUT2D eigenvalue weighted by Crippen LogP contribution is -2.46. The van der Waals surface area contributed by atoms with Crippen LogP contribution < -0.4 is 11.1 Å². The molecule has 2 heterocycles. The summed E-state index contributed by atoms with van der Waals surface area (Å²) in [6.07, 6.45) is 6.32. The molecule has 2 amide bonds. The molecule has 5 nitrogen and oxygen atoms in total. The molecule has 0 radical (unpaired) electrons. The zero-order valence-corrected chi connectivity index (χ0v) is 15.6. The highest BCUT2D eigenvalue weighted by atomic mass is 32.1. The smallest absolute Gasteiger partial charge is 0.225 e. The Bertz CT molecular complexity index is 567. The van der Waals surface area contributed by atoms with Gasteiger partial charge in [-0.05, 0) is 50.0 Å². The lowest BCUT2D eigenvalue weighted by molar-refractivity contribution is -0.140. The second-order valence-electron chi connectivity index (χ2n) is 7.34. The van der Waals surface area contributed by atoms with E-state index in [1.807, 2.05) is 11.0 Å². The van der Waals surface area contributed by atoms with E-state index >= 15 is 0 Å². The first-order valence-electron chi connectivity index (χ1n) is 9.48. The number of piperidine rings is 1. The fourth-order valence-corrected chi connectivity index (χ4v) is 4.69. The second kappa shape index (κ2) is 8.81. The number of thiophene rings is 1. The number of carbonyl (C=O) groups excluding carboxylic acids is 2. The normalized spacial score (nSPS) is 24.9. The third kappa shape index (κ3) is 5.05. The summed E-state index contributed by atoms with van der Waals surface area (Å²) in [6.45, 7) is 2.10. The number of likely N-dealkylation sites (tertiary alicyclic amines) is 1. The molecule has 138 valence electrons. The predicted molar refractivity (Wildman–Crippen MR) is 100 cm³/mol. The molecule has 1 aromatic heterocycles. The Balaban J connectivity index is 1.38. The molecule has 25 heavy (non-hydrogen) atoms. The Morgan fingerprint density at radius 3 is 2.68 bits per heavy atom. The van der Waals surface area contributed by atoms with Crippen molar-refractivity contribution in [1.29, 1.82) is 0 Å². The number of nitrogens with two attached hydrogens (primary N) is 1. The van der Waals surface area contributed by atoms with Crippen molar-refractivity contribution in [3.8, 4) is 0 Å². The zero-order chi connectivity index (χ0) is 17.6. The molecule has 2 unspecified atom stereocenters. The highest BCUT2D eigenvalue weighted by molar-refractivity contribution is 7.09. The van der Waals surface area contributed by atoms with Crippen LogP contribution in [0.4, 0.5) is 0 Å². The van der Waals surface area contributed by atoms with Crippen LogP contribution in [0.1, 0.15) is 43.4 Å². The van der Waals surface area contributed by atoms with Crippen molar-refractivity contribution in [1.82, 2.24) is 10.2 Å². The van der Waals surface area contributed by atoms with E-state index < -0.39 is 0 Å². The largest absolute Gasteiger partial charge is 0.355 e. The van der Waals surface area contributed by atoms with Gasteiger partial charge in [-0.3, -0.25) is 9.59 Å². The first-order chi connectivity index (χ1) is 12.1. The van der Waals surface area contributed by atoms with Crippen molar-refractivity contribution in [3.05, 3.63) is 22.4 Å². The molecule has 1 saturated heterocycles. The standard InChI is InChI=1S/C19H29N3O2S/c20-16-4-1-3-15(13-16)19(24)22-10-7-14(8-11-22)18(23)21-9-6-17-5-2-12-25-17/h2,5,12,14-16H,1,3-4,6-11,13,20H2,(H,21,23). The molecular weight excluding hydrogens is 334 g/mol. The third-order valence-electron chi connectivity index (χ3n) is 5.49. The first kappa shape index (κ1) is 18.4. The first-order valence-corrected chi connectivity index (χ1v) is 10.4. The summed E-state index contributed by atoms with van der Waals surface area (Å²) in [6, 6.07) is 4.31. The van der Waals surface area contributed by atoms with Crippen LogP contribution in [0.15, 0.2) is 17.5 Å². The number of nitrogens with zero attached hydrogens (tertiary/aromatic N) is 1. The minimum Gasteiger partial charge on any atom is -0.355 e. The monoisotopic (exact) mass is 363 g/mol. The summed E-state index contributed by atoms with van der Waals surface area (Å²) in [7, 11) is 0. The lowest BCUT2D eigenvalue weighted by Gasteiger charge is -2.35.